The third kappa shape index (κ3) is 6.61. The number of nitrogens with zero attached hydrogens (tertiary/aromatic N) is 3. The van der Waals surface area contributed by atoms with E-state index in [9.17, 15) is 13.2 Å². The summed E-state index contributed by atoms with van der Waals surface area (Å²) < 4.78 is 41.8. The Kier molecular flexibility index (Phi) is 6.09. The average Bonchev–Trinajstić information content (AvgIpc) is 2.64. The molecular formula is C21H22F3N5O. The molecule has 9 heteroatoms. The number of pyridine rings is 1. The first-order chi connectivity index (χ1) is 14.1. The molecule has 0 unspecified atom stereocenters. The van der Waals surface area contributed by atoms with Gasteiger partial charge in [0.25, 0.3) is 0 Å². The van der Waals surface area contributed by atoms with E-state index in [1.54, 1.807) is 24.5 Å². The van der Waals surface area contributed by atoms with Crippen LogP contribution in [0.5, 0.6) is 5.75 Å². The van der Waals surface area contributed by atoms with Gasteiger partial charge in [-0.1, -0.05) is 18.2 Å². The number of ether oxygens (including phenoxy) is 1. The van der Waals surface area contributed by atoms with Crippen LogP contribution in [0.25, 0.3) is 11.3 Å². The lowest BCUT2D eigenvalue weighted by molar-refractivity contribution is -0.274. The highest BCUT2D eigenvalue weighted by Crippen LogP contribution is 2.29. The fraction of sp³-hybridized carbons (Fsp3) is 0.286. The van der Waals surface area contributed by atoms with Crippen LogP contribution < -0.4 is 15.4 Å². The Morgan fingerprint density at radius 3 is 2.47 bits per heavy atom. The topological polar surface area (TPSA) is 72.0 Å². The molecule has 2 N–H and O–H groups in total. The molecule has 3 aromatic rings. The summed E-state index contributed by atoms with van der Waals surface area (Å²) in [6.45, 7) is 6.37. The molecule has 0 aliphatic carbocycles. The molecular weight excluding hydrogens is 395 g/mol. The predicted octanol–water partition coefficient (Wildman–Crippen LogP) is 5.26. The van der Waals surface area contributed by atoms with Crippen LogP contribution in [0.15, 0.2) is 54.9 Å². The summed E-state index contributed by atoms with van der Waals surface area (Å²) in [6.07, 6.45) is -1.34. The van der Waals surface area contributed by atoms with Crippen molar-refractivity contribution in [2.24, 2.45) is 0 Å². The molecule has 0 saturated heterocycles. The minimum atomic E-state index is -4.76. The predicted molar refractivity (Wildman–Crippen MR) is 109 cm³/mol. The normalized spacial score (nSPS) is 11.8. The Morgan fingerprint density at radius 1 is 1.00 bits per heavy atom. The zero-order valence-corrected chi connectivity index (χ0v) is 16.8. The van der Waals surface area contributed by atoms with E-state index in [-0.39, 0.29) is 11.3 Å². The largest absolute Gasteiger partial charge is 0.573 e. The van der Waals surface area contributed by atoms with Gasteiger partial charge in [-0.15, -0.1) is 13.2 Å². The molecule has 3 rings (SSSR count). The summed E-state index contributed by atoms with van der Waals surface area (Å²) in [6, 6.07) is 11.1. The number of aromatic nitrogens is 3. The lowest BCUT2D eigenvalue weighted by atomic mass is 10.1. The SMILES string of the molecule is CC(C)(C)Nc1nc(NCc2cccnc2)cc(-c2cccc(OC(F)(F)F)c2)n1. The van der Waals surface area contributed by atoms with Crippen LogP contribution >= 0.6 is 0 Å². The van der Waals surface area contributed by atoms with Crippen molar-refractivity contribution in [2.45, 2.75) is 39.2 Å². The van der Waals surface area contributed by atoms with Gasteiger partial charge in [-0.3, -0.25) is 4.98 Å². The van der Waals surface area contributed by atoms with Crippen molar-refractivity contribution in [2.75, 3.05) is 10.6 Å². The van der Waals surface area contributed by atoms with Gasteiger partial charge in [0.15, 0.2) is 0 Å². The Labute approximate surface area is 172 Å². The van der Waals surface area contributed by atoms with Gasteiger partial charge in [-0.05, 0) is 44.5 Å². The molecule has 0 amide bonds. The molecule has 0 bridgehead atoms. The highest BCUT2D eigenvalue weighted by molar-refractivity contribution is 5.66. The molecule has 6 nitrogen and oxygen atoms in total. The molecule has 1 aromatic carbocycles. The Hall–Kier alpha value is -3.36. The number of nitrogens with one attached hydrogen (secondary N) is 2. The van der Waals surface area contributed by atoms with Gasteiger partial charge in [0.05, 0.1) is 5.69 Å². The summed E-state index contributed by atoms with van der Waals surface area (Å²) in [5, 5.41) is 6.40. The van der Waals surface area contributed by atoms with Gasteiger partial charge >= 0.3 is 6.36 Å². The second-order valence-electron chi connectivity index (χ2n) is 7.63. The van der Waals surface area contributed by atoms with Crippen LogP contribution in [0.2, 0.25) is 0 Å². The summed E-state index contributed by atoms with van der Waals surface area (Å²) in [5.74, 6) is 0.572. The third-order valence-corrected chi connectivity index (χ3v) is 3.77. The van der Waals surface area contributed by atoms with Gasteiger partial charge < -0.3 is 15.4 Å². The quantitative estimate of drug-likeness (QED) is 0.570. The van der Waals surface area contributed by atoms with E-state index in [4.69, 9.17) is 0 Å². The highest BCUT2D eigenvalue weighted by atomic mass is 19.4. The smallest absolute Gasteiger partial charge is 0.406 e. The minimum absolute atomic E-state index is 0.305. The summed E-state index contributed by atoms with van der Waals surface area (Å²) in [7, 11) is 0. The van der Waals surface area contributed by atoms with Gasteiger partial charge in [0.2, 0.25) is 5.95 Å². The van der Waals surface area contributed by atoms with E-state index in [2.05, 4.69) is 30.3 Å². The number of hydrogen-bond donors (Lipinski definition) is 2. The van der Waals surface area contributed by atoms with E-state index >= 15 is 0 Å². The molecule has 2 aromatic heterocycles. The number of benzene rings is 1. The zero-order chi connectivity index (χ0) is 21.8. The van der Waals surface area contributed by atoms with Crippen molar-refractivity contribution < 1.29 is 17.9 Å². The summed E-state index contributed by atoms with van der Waals surface area (Å²) in [4.78, 5) is 13.0. The van der Waals surface area contributed by atoms with Gasteiger partial charge in [-0.25, -0.2) is 4.98 Å². The van der Waals surface area contributed by atoms with Gasteiger partial charge in [0, 0.05) is 36.1 Å². The lowest BCUT2D eigenvalue weighted by Crippen LogP contribution is -2.27. The number of alkyl halides is 3. The van der Waals surface area contributed by atoms with E-state index in [1.807, 2.05) is 32.9 Å². The van der Waals surface area contributed by atoms with Crippen LogP contribution in [-0.2, 0) is 6.54 Å². The fourth-order valence-corrected chi connectivity index (χ4v) is 2.62. The van der Waals surface area contributed by atoms with Crippen molar-refractivity contribution in [3.05, 3.63) is 60.4 Å². The highest BCUT2D eigenvalue weighted by Gasteiger charge is 2.31. The molecule has 2 heterocycles. The van der Waals surface area contributed by atoms with Crippen molar-refractivity contribution in [3.63, 3.8) is 0 Å². The standard InChI is InChI=1S/C21H22F3N5O/c1-20(2,3)29-19-27-17(15-7-4-8-16(10-15)30-21(22,23)24)11-18(28-19)26-13-14-6-5-9-25-12-14/h4-12H,13H2,1-3H3,(H2,26,27,28,29). The molecule has 0 aliphatic heterocycles. The minimum Gasteiger partial charge on any atom is -0.406 e. The maximum atomic E-state index is 12.6. The number of rotatable bonds is 6. The van der Waals surface area contributed by atoms with Crippen molar-refractivity contribution in [1.82, 2.24) is 15.0 Å². The molecule has 158 valence electrons. The van der Waals surface area contributed by atoms with Crippen LogP contribution in [-0.4, -0.2) is 26.9 Å². The molecule has 0 fully saturated rings. The Balaban J connectivity index is 1.92. The van der Waals surface area contributed by atoms with Crippen LogP contribution in [0.3, 0.4) is 0 Å². The molecule has 0 atom stereocenters. The number of anilines is 2. The van der Waals surface area contributed by atoms with Crippen LogP contribution in [0.4, 0.5) is 24.9 Å². The monoisotopic (exact) mass is 417 g/mol. The first-order valence-electron chi connectivity index (χ1n) is 9.24. The zero-order valence-electron chi connectivity index (χ0n) is 16.8. The first kappa shape index (κ1) is 21.4. The van der Waals surface area contributed by atoms with Crippen LogP contribution in [0, 0.1) is 0 Å². The molecule has 0 spiro atoms. The molecule has 0 radical (unpaired) electrons. The summed E-state index contributed by atoms with van der Waals surface area (Å²) in [5.41, 5.74) is 1.59. The number of hydrogen-bond acceptors (Lipinski definition) is 6. The van der Waals surface area contributed by atoms with Crippen molar-refractivity contribution in [1.29, 1.82) is 0 Å². The molecule has 0 aliphatic rings. The summed E-state index contributed by atoms with van der Waals surface area (Å²) >= 11 is 0. The number of halogens is 3. The van der Waals surface area contributed by atoms with Crippen molar-refractivity contribution in [3.8, 4) is 17.0 Å². The maximum Gasteiger partial charge on any atom is 0.573 e. The maximum absolute atomic E-state index is 12.6. The first-order valence-corrected chi connectivity index (χ1v) is 9.24. The molecule has 0 saturated carbocycles. The average molecular weight is 417 g/mol. The van der Waals surface area contributed by atoms with Crippen LogP contribution in [0.1, 0.15) is 26.3 Å². The van der Waals surface area contributed by atoms with E-state index in [0.29, 0.717) is 29.6 Å². The van der Waals surface area contributed by atoms with E-state index in [0.717, 1.165) is 5.56 Å². The van der Waals surface area contributed by atoms with Gasteiger partial charge in [-0.2, -0.15) is 4.98 Å². The molecule has 30 heavy (non-hydrogen) atoms. The lowest BCUT2D eigenvalue weighted by Gasteiger charge is -2.21. The second-order valence-corrected chi connectivity index (χ2v) is 7.63. The Morgan fingerprint density at radius 2 is 1.80 bits per heavy atom. The van der Waals surface area contributed by atoms with E-state index < -0.39 is 6.36 Å². The third-order valence-electron chi connectivity index (χ3n) is 3.77. The van der Waals surface area contributed by atoms with E-state index in [1.165, 1.54) is 18.2 Å². The van der Waals surface area contributed by atoms with Gasteiger partial charge in [0.1, 0.15) is 11.6 Å². The second kappa shape index (κ2) is 8.56. The fourth-order valence-electron chi connectivity index (χ4n) is 2.62. The van der Waals surface area contributed by atoms with Crippen molar-refractivity contribution >= 4 is 11.8 Å². The Bertz CT molecular complexity index is 988.